The predicted molar refractivity (Wildman–Crippen MR) is 107 cm³/mol. The number of allylic oxidation sites excluding steroid dienone is 6. The summed E-state index contributed by atoms with van der Waals surface area (Å²) in [5.74, 6) is 0. The first-order valence-electron chi connectivity index (χ1n) is 9.18. The summed E-state index contributed by atoms with van der Waals surface area (Å²) in [6.45, 7) is 15.2. The maximum atomic E-state index is 2.37. The van der Waals surface area contributed by atoms with Gasteiger partial charge in [0.1, 0.15) is 13.1 Å². The lowest BCUT2D eigenvalue weighted by molar-refractivity contribution is -0.519. The zero-order valence-electron chi connectivity index (χ0n) is 15.8. The van der Waals surface area contributed by atoms with Gasteiger partial charge in [0.2, 0.25) is 0 Å². The topological polar surface area (TPSA) is 6.25 Å². The molecule has 0 aliphatic heterocycles. The van der Waals surface area contributed by atoms with E-state index in [9.17, 15) is 0 Å². The fraction of sp³-hybridized carbons (Fsp3) is 0.409. The molecule has 0 saturated carbocycles. The SMILES string of the molecule is CCN(CC)c1ccc(C(C)=C2C=CC(=[N+](CC)CC)C=C2)cc1. The van der Waals surface area contributed by atoms with Crippen LogP contribution in [0.3, 0.4) is 0 Å². The van der Waals surface area contributed by atoms with E-state index in [0.717, 1.165) is 26.2 Å². The number of hydrogen-bond acceptors (Lipinski definition) is 1. The van der Waals surface area contributed by atoms with Gasteiger partial charge in [-0.3, -0.25) is 0 Å². The highest BCUT2D eigenvalue weighted by Crippen LogP contribution is 2.24. The molecule has 0 unspecified atom stereocenters. The fourth-order valence-corrected chi connectivity index (χ4v) is 3.19. The van der Waals surface area contributed by atoms with Gasteiger partial charge in [0, 0.05) is 30.9 Å². The molecular weight excluding hydrogens is 292 g/mol. The van der Waals surface area contributed by atoms with Crippen LogP contribution < -0.4 is 4.90 Å². The van der Waals surface area contributed by atoms with E-state index in [2.05, 4.69) is 92.7 Å². The predicted octanol–water partition coefficient (Wildman–Crippen LogP) is 4.93. The third-order valence-corrected chi connectivity index (χ3v) is 4.86. The molecule has 1 aromatic carbocycles. The molecule has 24 heavy (non-hydrogen) atoms. The summed E-state index contributed by atoms with van der Waals surface area (Å²) >= 11 is 0. The largest absolute Gasteiger partial charge is 0.372 e. The molecule has 1 aromatic rings. The average Bonchev–Trinajstić information content (AvgIpc) is 2.64. The molecule has 0 spiro atoms. The van der Waals surface area contributed by atoms with Crippen LogP contribution in [0.1, 0.15) is 40.2 Å². The van der Waals surface area contributed by atoms with Crippen LogP contribution in [0.25, 0.3) is 5.57 Å². The van der Waals surface area contributed by atoms with Crippen molar-refractivity contribution in [1.29, 1.82) is 0 Å². The van der Waals surface area contributed by atoms with Gasteiger partial charge in [0.05, 0.1) is 0 Å². The molecule has 0 heterocycles. The molecule has 2 nitrogen and oxygen atoms in total. The van der Waals surface area contributed by atoms with E-state index >= 15 is 0 Å². The Kier molecular flexibility index (Phi) is 6.60. The minimum absolute atomic E-state index is 1.05. The van der Waals surface area contributed by atoms with Gasteiger partial charge < -0.3 is 4.90 Å². The molecule has 0 fully saturated rings. The van der Waals surface area contributed by atoms with Crippen LogP contribution in [0.5, 0.6) is 0 Å². The second-order valence-electron chi connectivity index (χ2n) is 6.06. The number of benzene rings is 1. The maximum absolute atomic E-state index is 2.37. The number of rotatable bonds is 6. The van der Waals surface area contributed by atoms with Gasteiger partial charge in [-0.2, -0.15) is 0 Å². The van der Waals surface area contributed by atoms with Crippen molar-refractivity contribution < 1.29 is 4.58 Å². The van der Waals surface area contributed by atoms with E-state index in [1.807, 2.05) is 0 Å². The van der Waals surface area contributed by atoms with Gasteiger partial charge in [0.25, 0.3) is 0 Å². The summed E-state index contributed by atoms with van der Waals surface area (Å²) in [6.07, 6.45) is 8.94. The Labute approximate surface area is 147 Å². The van der Waals surface area contributed by atoms with Crippen LogP contribution in [0.15, 0.2) is 54.1 Å². The normalized spacial score (nSPS) is 13.4. The molecule has 0 bridgehead atoms. The Morgan fingerprint density at radius 1 is 0.833 bits per heavy atom. The summed E-state index contributed by atoms with van der Waals surface area (Å²) < 4.78 is 2.37. The third kappa shape index (κ3) is 4.05. The average molecular weight is 324 g/mol. The molecule has 128 valence electrons. The lowest BCUT2D eigenvalue weighted by Gasteiger charge is -2.21. The molecule has 0 atom stereocenters. The van der Waals surface area contributed by atoms with E-state index in [1.54, 1.807) is 0 Å². The molecule has 0 amide bonds. The number of hydrogen-bond donors (Lipinski definition) is 0. The first-order valence-corrected chi connectivity index (χ1v) is 9.18. The van der Waals surface area contributed by atoms with Crippen LogP contribution in [-0.2, 0) is 0 Å². The lowest BCUT2D eigenvalue weighted by atomic mass is 9.97. The summed E-state index contributed by atoms with van der Waals surface area (Å²) in [4.78, 5) is 2.37. The summed E-state index contributed by atoms with van der Waals surface area (Å²) in [5.41, 5.74) is 6.51. The third-order valence-electron chi connectivity index (χ3n) is 4.86. The number of anilines is 1. The van der Waals surface area contributed by atoms with Crippen LogP contribution in [0, 0.1) is 0 Å². The second-order valence-corrected chi connectivity index (χ2v) is 6.06. The summed E-state index contributed by atoms with van der Waals surface area (Å²) in [6, 6.07) is 8.94. The zero-order valence-corrected chi connectivity index (χ0v) is 15.8. The molecule has 0 saturated heterocycles. The quantitative estimate of drug-likeness (QED) is 0.673. The van der Waals surface area contributed by atoms with Gasteiger partial charge in [0.15, 0.2) is 5.71 Å². The highest BCUT2D eigenvalue weighted by atomic mass is 15.1. The van der Waals surface area contributed by atoms with Crippen molar-refractivity contribution in [3.63, 3.8) is 0 Å². The van der Waals surface area contributed by atoms with Crippen molar-refractivity contribution >= 4 is 17.0 Å². The van der Waals surface area contributed by atoms with Crippen LogP contribution >= 0.6 is 0 Å². The first kappa shape index (κ1) is 18.3. The Morgan fingerprint density at radius 3 is 1.83 bits per heavy atom. The molecule has 0 radical (unpaired) electrons. The summed E-state index contributed by atoms with van der Waals surface area (Å²) in [5, 5.41) is 0. The van der Waals surface area contributed by atoms with E-state index in [1.165, 1.54) is 28.1 Å². The fourth-order valence-electron chi connectivity index (χ4n) is 3.19. The highest BCUT2D eigenvalue weighted by Gasteiger charge is 2.10. The van der Waals surface area contributed by atoms with Gasteiger partial charge in [-0.25, -0.2) is 4.58 Å². The lowest BCUT2D eigenvalue weighted by Crippen LogP contribution is -2.21. The number of nitrogens with zero attached hydrogens (tertiary/aromatic N) is 2. The second kappa shape index (κ2) is 8.68. The Bertz CT molecular complexity index is 644. The van der Waals surface area contributed by atoms with E-state index in [-0.39, 0.29) is 0 Å². The molecule has 1 aliphatic carbocycles. The monoisotopic (exact) mass is 323 g/mol. The minimum atomic E-state index is 1.05. The van der Waals surface area contributed by atoms with Crippen molar-refractivity contribution in [2.75, 3.05) is 31.1 Å². The Balaban J connectivity index is 2.24. The standard InChI is InChI=1S/C22H31N2/c1-6-23(7-2)21-14-10-19(11-15-21)18(5)20-12-16-22(17-13-20)24(8-3)9-4/h10-17H,6-9H2,1-5H3/q+1. The molecular formula is C22H31N2+. The van der Waals surface area contributed by atoms with E-state index in [0.29, 0.717) is 0 Å². The van der Waals surface area contributed by atoms with E-state index in [4.69, 9.17) is 0 Å². The van der Waals surface area contributed by atoms with Crippen LogP contribution in [-0.4, -0.2) is 36.5 Å². The van der Waals surface area contributed by atoms with Crippen molar-refractivity contribution in [2.24, 2.45) is 0 Å². The molecule has 1 aliphatic rings. The van der Waals surface area contributed by atoms with Crippen molar-refractivity contribution in [1.82, 2.24) is 0 Å². The molecule has 2 rings (SSSR count). The van der Waals surface area contributed by atoms with Gasteiger partial charge in [-0.15, -0.1) is 0 Å². The molecule has 2 heteroatoms. The van der Waals surface area contributed by atoms with E-state index < -0.39 is 0 Å². The van der Waals surface area contributed by atoms with Crippen molar-refractivity contribution in [3.05, 3.63) is 59.7 Å². The first-order chi connectivity index (χ1) is 11.6. The van der Waals surface area contributed by atoms with Crippen molar-refractivity contribution in [3.8, 4) is 0 Å². The smallest absolute Gasteiger partial charge is 0.199 e. The zero-order chi connectivity index (χ0) is 17.5. The Hall–Kier alpha value is -2.09. The minimum Gasteiger partial charge on any atom is -0.372 e. The maximum Gasteiger partial charge on any atom is 0.199 e. The summed E-state index contributed by atoms with van der Waals surface area (Å²) in [7, 11) is 0. The Morgan fingerprint density at radius 2 is 1.38 bits per heavy atom. The van der Waals surface area contributed by atoms with Gasteiger partial charge in [-0.05, 0) is 75.6 Å². The van der Waals surface area contributed by atoms with Crippen LogP contribution in [0.4, 0.5) is 5.69 Å². The molecule has 0 aromatic heterocycles. The molecule has 0 N–H and O–H groups in total. The van der Waals surface area contributed by atoms with Gasteiger partial charge in [-0.1, -0.05) is 12.1 Å². The van der Waals surface area contributed by atoms with Crippen molar-refractivity contribution in [2.45, 2.75) is 34.6 Å². The van der Waals surface area contributed by atoms with Gasteiger partial charge >= 0.3 is 0 Å². The van der Waals surface area contributed by atoms with Crippen LogP contribution in [0.2, 0.25) is 0 Å². The highest BCUT2D eigenvalue weighted by molar-refractivity contribution is 6.03.